The average Bonchev–Trinajstić information content (AvgIpc) is 2.66. The molecule has 0 bridgehead atoms. The van der Waals surface area contributed by atoms with Crippen molar-refractivity contribution in [2.45, 2.75) is 77.6 Å². The maximum absolute atomic E-state index is 11.6. The quantitative estimate of drug-likeness (QED) is 0.316. The fraction of sp³-hybridized carbons (Fsp3) is 0.636. The molecule has 0 atom stereocenters. The van der Waals surface area contributed by atoms with E-state index in [0.717, 1.165) is 25.7 Å². The highest BCUT2D eigenvalue weighted by molar-refractivity contribution is 5.77. The maximum atomic E-state index is 11.6. The molecule has 0 amide bonds. The molecule has 0 saturated heterocycles. The molecule has 0 aliphatic rings. The van der Waals surface area contributed by atoms with Crippen molar-refractivity contribution in [2.24, 2.45) is 0 Å². The van der Waals surface area contributed by atoms with Gasteiger partial charge in [0.2, 0.25) is 0 Å². The fourth-order valence-electron chi connectivity index (χ4n) is 2.70. The lowest BCUT2D eigenvalue weighted by Gasteiger charge is -2.06. The summed E-state index contributed by atoms with van der Waals surface area (Å²) in [5, 5.41) is 0. The SMILES string of the molecule is CCCCCCCCCOC(=O)CCC(=O)OCCCc1ccccc1. The van der Waals surface area contributed by atoms with E-state index in [2.05, 4.69) is 19.1 Å². The van der Waals surface area contributed by atoms with E-state index in [-0.39, 0.29) is 24.8 Å². The average molecular weight is 363 g/mol. The highest BCUT2D eigenvalue weighted by atomic mass is 16.5. The van der Waals surface area contributed by atoms with E-state index in [9.17, 15) is 9.59 Å². The van der Waals surface area contributed by atoms with E-state index in [1.165, 1.54) is 37.7 Å². The molecule has 26 heavy (non-hydrogen) atoms. The zero-order valence-electron chi connectivity index (χ0n) is 16.2. The van der Waals surface area contributed by atoms with Gasteiger partial charge in [-0.25, -0.2) is 0 Å². The fourth-order valence-corrected chi connectivity index (χ4v) is 2.70. The van der Waals surface area contributed by atoms with Crippen LogP contribution >= 0.6 is 0 Å². The topological polar surface area (TPSA) is 52.6 Å². The van der Waals surface area contributed by atoms with Crippen LogP contribution in [0.3, 0.4) is 0 Å². The van der Waals surface area contributed by atoms with E-state index in [1.54, 1.807) is 0 Å². The van der Waals surface area contributed by atoms with Crippen molar-refractivity contribution in [2.75, 3.05) is 13.2 Å². The van der Waals surface area contributed by atoms with E-state index in [1.807, 2.05) is 18.2 Å². The first-order valence-electron chi connectivity index (χ1n) is 10.1. The summed E-state index contributed by atoms with van der Waals surface area (Å²) in [6, 6.07) is 10.1. The molecule has 0 saturated carbocycles. The Morgan fingerprint density at radius 1 is 0.731 bits per heavy atom. The zero-order chi connectivity index (χ0) is 18.9. The highest BCUT2D eigenvalue weighted by Crippen LogP contribution is 2.07. The first-order valence-corrected chi connectivity index (χ1v) is 10.1. The first-order chi connectivity index (χ1) is 12.7. The molecule has 4 heteroatoms. The summed E-state index contributed by atoms with van der Waals surface area (Å²) in [7, 11) is 0. The predicted molar refractivity (Wildman–Crippen MR) is 104 cm³/mol. The molecule has 0 radical (unpaired) electrons. The van der Waals surface area contributed by atoms with Gasteiger partial charge in [0, 0.05) is 0 Å². The van der Waals surface area contributed by atoms with Crippen LogP contribution in [0.25, 0.3) is 0 Å². The number of unbranched alkanes of at least 4 members (excludes halogenated alkanes) is 6. The second kappa shape index (κ2) is 15.4. The van der Waals surface area contributed by atoms with Crippen LogP contribution in [0.15, 0.2) is 30.3 Å². The van der Waals surface area contributed by atoms with E-state index >= 15 is 0 Å². The van der Waals surface area contributed by atoms with Gasteiger partial charge in [-0.3, -0.25) is 9.59 Å². The molecule has 1 aromatic carbocycles. The van der Waals surface area contributed by atoms with Crippen LogP contribution in [-0.4, -0.2) is 25.2 Å². The van der Waals surface area contributed by atoms with Crippen molar-refractivity contribution >= 4 is 11.9 Å². The van der Waals surface area contributed by atoms with Gasteiger partial charge in [-0.05, 0) is 24.8 Å². The lowest BCUT2D eigenvalue weighted by atomic mass is 10.1. The summed E-state index contributed by atoms with van der Waals surface area (Å²) in [5.74, 6) is -0.636. The number of rotatable bonds is 15. The molecule has 0 N–H and O–H groups in total. The smallest absolute Gasteiger partial charge is 0.306 e. The molecular weight excluding hydrogens is 328 g/mol. The van der Waals surface area contributed by atoms with E-state index in [0.29, 0.717) is 13.2 Å². The van der Waals surface area contributed by atoms with Gasteiger partial charge in [0.15, 0.2) is 0 Å². The Morgan fingerprint density at radius 3 is 1.88 bits per heavy atom. The molecule has 146 valence electrons. The molecule has 0 aliphatic carbocycles. The lowest BCUT2D eigenvalue weighted by Crippen LogP contribution is -2.11. The molecule has 0 unspecified atom stereocenters. The van der Waals surface area contributed by atoms with Crippen LogP contribution in [-0.2, 0) is 25.5 Å². The predicted octanol–water partition coefficient (Wildman–Crippen LogP) is 5.24. The number of aryl methyl sites for hydroxylation is 1. The van der Waals surface area contributed by atoms with Gasteiger partial charge in [-0.1, -0.05) is 75.8 Å². The van der Waals surface area contributed by atoms with Crippen LogP contribution in [0.4, 0.5) is 0 Å². The molecule has 1 aromatic rings. The van der Waals surface area contributed by atoms with Crippen LogP contribution in [0, 0.1) is 0 Å². The Labute approximate surface area is 158 Å². The van der Waals surface area contributed by atoms with Crippen molar-refractivity contribution < 1.29 is 19.1 Å². The Morgan fingerprint density at radius 2 is 1.27 bits per heavy atom. The largest absolute Gasteiger partial charge is 0.466 e. The molecule has 0 aliphatic heterocycles. The van der Waals surface area contributed by atoms with Crippen LogP contribution in [0.2, 0.25) is 0 Å². The Balaban J connectivity index is 1.91. The number of carbonyl (C=O) groups excluding carboxylic acids is 2. The summed E-state index contributed by atoms with van der Waals surface area (Å²) >= 11 is 0. The van der Waals surface area contributed by atoms with Crippen molar-refractivity contribution in [3.8, 4) is 0 Å². The Bertz CT molecular complexity index is 484. The van der Waals surface area contributed by atoms with Gasteiger partial charge >= 0.3 is 11.9 Å². The second-order valence-corrected chi connectivity index (χ2v) is 6.65. The van der Waals surface area contributed by atoms with Gasteiger partial charge in [0.1, 0.15) is 0 Å². The number of carbonyl (C=O) groups is 2. The molecule has 0 spiro atoms. The van der Waals surface area contributed by atoms with Gasteiger partial charge in [0.05, 0.1) is 26.1 Å². The van der Waals surface area contributed by atoms with Crippen molar-refractivity contribution in [3.05, 3.63) is 35.9 Å². The minimum atomic E-state index is -0.328. The minimum Gasteiger partial charge on any atom is -0.466 e. The Kier molecular flexibility index (Phi) is 13.2. The van der Waals surface area contributed by atoms with Crippen LogP contribution in [0.5, 0.6) is 0 Å². The summed E-state index contributed by atoms with van der Waals surface area (Å²) in [6.45, 7) is 3.06. The van der Waals surface area contributed by atoms with E-state index < -0.39 is 0 Å². The lowest BCUT2D eigenvalue weighted by molar-refractivity contribution is -0.150. The molecule has 1 rings (SSSR count). The van der Waals surface area contributed by atoms with Crippen molar-refractivity contribution in [3.63, 3.8) is 0 Å². The van der Waals surface area contributed by atoms with Crippen molar-refractivity contribution in [1.29, 1.82) is 0 Å². The monoisotopic (exact) mass is 362 g/mol. The summed E-state index contributed by atoms with van der Waals surface area (Å²) in [4.78, 5) is 23.2. The normalized spacial score (nSPS) is 10.5. The molecule has 4 nitrogen and oxygen atoms in total. The summed E-state index contributed by atoms with van der Waals surface area (Å²) in [6.07, 6.45) is 10.2. The zero-order valence-corrected chi connectivity index (χ0v) is 16.2. The third-order valence-electron chi connectivity index (χ3n) is 4.26. The van der Waals surface area contributed by atoms with Crippen LogP contribution in [0.1, 0.15) is 76.7 Å². The van der Waals surface area contributed by atoms with Gasteiger partial charge in [-0.2, -0.15) is 0 Å². The molecule has 0 fully saturated rings. The third-order valence-corrected chi connectivity index (χ3v) is 4.26. The Hall–Kier alpha value is -1.84. The number of hydrogen-bond acceptors (Lipinski definition) is 4. The molecule has 0 heterocycles. The van der Waals surface area contributed by atoms with Gasteiger partial charge in [-0.15, -0.1) is 0 Å². The molecule has 0 aromatic heterocycles. The van der Waals surface area contributed by atoms with Crippen LogP contribution < -0.4 is 0 Å². The van der Waals surface area contributed by atoms with Crippen molar-refractivity contribution in [1.82, 2.24) is 0 Å². The number of hydrogen-bond donors (Lipinski definition) is 0. The molecular formula is C22H34O4. The first kappa shape index (κ1) is 22.2. The van der Waals surface area contributed by atoms with Gasteiger partial charge in [0.25, 0.3) is 0 Å². The van der Waals surface area contributed by atoms with Gasteiger partial charge < -0.3 is 9.47 Å². The standard InChI is InChI=1S/C22H34O4/c1-2-3-4-5-6-7-11-18-25-21(23)16-17-22(24)26-19-12-15-20-13-9-8-10-14-20/h8-10,13-14H,2-7,11-12,15-19H2,1H3. The highest BCUT2D eigenvalue weighted by Gasteiger charge is 2.09. The third kappa shape index (κ3) is 12.5. The maximum Gasteiger partial charge on any atom is 0.306 e. The van der Waals surface area contributed by atoms with E-state index in [4.69, 9.17) is 9.47 Å². The minimum absolute atomic E-state index is 0.0984. The second-order valence-electron chi connectivity index (χ2n) is 6.65. The summed E-state index contributed by atoms with van der Waals surface area (Å²) in [5.41, 5.74) is 1.23. The number of ether oxygens (including phenoxy) is 2. The number of esters is 2. The number of benzene rings is 1. The summed E-state index contributed by atoms with van der Waals surface area (Å²) < 4.78 is 10.3.